The Balaban J connectivity index is 2.73. The van der Waals surface area contributed by atoms with Crippen LogP contribution < -0.4 is 5.32 Å². The first-order valence-electron chi connectivity index (χ1n) is 4.34. The number of hydrogen-bond donors (Lipinski definition) is 1. The van der Waals surface area contributed by atoms with Crippen molar-refractivity contribution < 1.29 is 13.9 Å². The van der Waals surface area contributed by atoms with Gasteiger partial charge in [0.1, 0.15) is 11.9 Å². The molecule has 0 saturated carbocycles. The molecule has 0 spiro atoms. The molecule has 0 aliphatic carbocycles. The van der Waals surface area contributed by atoms with Gasteiger partial charge in [0.15, 0.2) is 0 Å². The van der Waals surface area contributed by atoms with Gasteiger partial charge in [-0.1, -0.05) is 0 Å². The van der Waals surface area contributed by atoms with Crippen LogP contribution in [0.1, 0.15) is 6.92 Å². The number of rotatable bonds is 3. The molecule has 3 nitrogen and oxygen atoms in total. The van der Waals surface area contributed by atoms with E-state index in [0.717, 1.165) is 0 Å². The van der Waals surface area contributed by atoms with Crippen LogP contribution in [0.5, 0.6) is 0 Å². The van der Waals surface area contributed by atoms with Crippen LogP contribution in [0.25, 0.3) is 0 Å². The monoisotopic (exact) mass is 275 g/mol. The number of halogens is 2. The number of carbonyl (C=O) groups is 1. The molecule has 0 aliphatic rings. The van der Waals surface area contributed by atoms with Crippen LogP contribution >= 0.6 is 15.9 Å². The molecular weight excluding hydrogens is 265 g/mol. The minimum atomic E-state index is -0.504. The van der Waals surface area contributed by atoms with Crippen molar-refractivity contribution in [3.8, 4) is 0 Å². The first-order chi connectivity index (χ1) is 7.04. The highest BCUT2D eigenvalue weighted by atomic mass is 79.9. The van der Waals surface area contributed by atoms with Crippen molar-refractivity contribution in [2.45, 2.75) is 13.0 Å². The molecule has 0 aromatic heterocycles. The Bertz CT molecular complexity index is 370. The second-order valence-electron chi connectivity index (χ2n) is 3.02. The Morgan fingerprint density at radius 3 is 2.80 bits per heavy atom. The van der Waals surface area contributed by atoms with Gasteiger partial charge >= 0.3 is 5.97 Å². The lowest BCUT2D eigenvalue weighted by Crippen LogP contribution is -2.27. The maximum Gasteiger partial charge on any atom is 0.327 e. The summed E-state index contributed by atoms with van der Waals surface area (Å²) in [5.74, 6) is -0.768. The lowest BCUT2D eigenvalue weighted by Gasteiger charge is -2.12. The maximum atomic E-state index is 13.1. The van der Waals surface area contributed by atoms with E-state index >= 15 is 0 Å². The van der Waals surface area contributed by atoms with E-state index in [0.29, 0.717) is 10.2 Å². The van der Waals surface area contributed by atoms with Crippen LogP contribution in [-0.4, -0.2) is 19.1 Å². The molecule has 0 bridgehead atoms. The summed E-state index contributed by atoms with van der Waals surface area (Å²) in [4.78, 5) is 11.1. The van der Waals surface area contributed by atoms with Crippen molar-refractivity contribution >= 4 is 27.6 Å². The number of ether oxygens (including phenoxy) is 1. The van der Waals surface area contributed by atoms with Gasteiger partial charge in [0, 0.05) is 5.69 Å². The third kappa shape index (κ3) is 3.20. The molecule has 0 amide bonds. The van der Waals surface area contributed by atoms with Gasteiger partial charge in [-0.3, -0.25) is 0 Å². The summed E-state index contributed by atoms with van der Waals surface area (Å²) in [6, 6.07) is 4.05. The topological polar surface area (TPSA) is 38.3 Å². The first kappa shape index (κ1) is 12.0. The van der Waals surface area contributed by atoms with E-state index in [-0.39, 0.29) is 5.82 Å². The maximum absolute atomic E-state index is 13.1. The van der Waals surface area contributed by atoms with Crippen LogP contribution in [-0.2, 0) is 9.53 Å². The molecule has 0 aliphatic heterocycles. The lowest BCUT2D eigenvalue weighted by atomic mass is 10.2. The smallest absolute Gasteiger partial charge is 0.327 e. The van der Waals surface area contributed by atoms with Gasteiger partial charge in [0.25, 0.3) is 0 Å². The summed E-state index contributed by atoms with van der Waals surface area (Å²) < 4.78 is 18.0. The summed E-state index contributed by atoms with van der Waals surface area (Å²) in [7, 11) is 1.31. The number of esters is 1. The zero-order valence-electron chi connectivity index (χ0n) is 8.38. The zero-order valence-corrected chi connectivity index (χ0v) is 9.97. The predicted molar refractivity (Wildman–Crippen MR) is 59.2 cm³/mol. The number of hydrogen-bond acceptors (Lipinski definition) is 3. The van der Waals surface area contributed by atoms with Gasteiger partial charge in [-0.25, -0.2) is 9.18 Å². The molecule has 1 aromatic carbocycles. The molecule has 1 aromatic rings. The summed E-state index contributed by atoms with van der Waals surface area (Å²) in [6.07, 6.45) is 0. The molecule has 1 atom stereocenters. The molecular formula is C10H11BrFNO2. The van der Waals surface area contributed by atoms with E-state index in [2.05, 4.69) is 26.0 Å². The van der Waals surface area contributed by atoms with Gasteiger partial charge in [-0.05, 0) is 41.1 Å². The Labute approximate surface area is 95.7 Å². The molecule has 82 valence electrons. The Hall–Kier alpha value is -1.10. The minimum Gasteiger partial charge on any atom is -0.467 e. The standard InChI is InChI=1S/C10H11BrFNO2/c1-6(10(14)15-2)13-7-3-4-8(11)9(12)5-7/h3-6,13H,1-2H3. The molecule has 5 heteroatoms. The molecule has 0 radical (unpaired) electrons. The van der Waals surface area contributed by atoms with Crippen molar-refractivity contribution in [1.29, 1.82) is 0 Å². The largest absolute Gasteiger partial charge is 0.467 e. The summed E-state index contributed by atoms with van der Waals surface area (Å²) in [5.41, 5.74) is 0.536. The highest BCUT2D eigenvalue weighted by molar-refractivity contribution is 9.10. The van der Waals surface area contributed by atoms with Crippen molar-refractivity contribution in [3.05, 3.63) is 28.5 Å². The Morgan fingerprint density at radius 2 is 2.27 bits per heavy atom. The average Bonchev–Trinajstić information content (AvgIpc) is 2.22. The van der Waals surface area contributed by atoms with Gasteiger partial charge in [-0.15, -0.1) is 0 Å². The zero-order chi connectivity index (χ0) is 11.4. The highest BCUT2D eigenvalue weighted by Crippen LogP contribution is 2.19. The fraction of sp³-hybridized carbons (Fsp3) is 0.300. The second kappa shape index (κ2) is 5.11. The van der Waals surface area contributed by atoms with E-state index in [1.807, 2.05) is 0 Å². The number of carbonyl (C=O) groups excluding carboxylic acids is 1. The molecule has 1 unspecified atom stereocenters. The van der Waals surface area contributed by atoms with Gasteiger partial charge in [0.05, 0.1) is 11.6 Å². The molecule has 0 heterocycles. The van der Waals surface area contributed by atoms with E-state index in [1.165, 1.54) is 13.2 Å². The molecule has 1 N–H and O–H groups in total. The fourth-order valence-electron chi connectivity index (χ4n) is 1.07. The van der Waals surface area contributed by atoms with Gasteiger partial charge < -0.3 is 10.1 Å². The minimum absolute atomic E-state index is 0.378. The second-order valence-corrected chi connectivity index (χ2v) is 3.87. The number of anilines is 1. The van der Waals surface area contributed by atoms with Crippen molar-refractivity contribution in [2.75, 3.05) is 12.4 Å². The predicted octanol–water partition coefficient (Wildman–Crippen LogP) is 2.56. The molecule has 0 saturated heterocycles. The van der Waals surface area contributed by atoms with Crippen LogP contribution in [0, 0.1) is 5.82 Å². The van der Waals surface area contributed by atoms with Gasteiger partial charge in [0.2, 0.25) is 0 Å². The molecule has 0 fully saturated rings. The van der Waals surface area contributed by atoms with Gasteiger partial charge in [-0.2, -0.15) is 0 Å². The summed E-state index contributed by atoms with van der Waals surface area (Å²) in [6.45, 7) is 1.64. The SMILES string of the molecule is COC(=O)C(C)Nc1ccc(Br)c(F)c1. The van der Waals surface area contributed by atoms with E-state index in [4.69, 9.17) is 0 Å². The third-order valence-electron chi connectivity index (χ3n) is 1.86. The van der Waals surface area contributed by atoms with Crippen LogP contribution in [0.3, 0.4) is 0 Å². The quantitative estimate of drug-likeness (QED) is 0.862. The molecule has 15 heavy (non-hydrogen) atoms. The highest BCUT2D eigenvalue weighted by Gasteiger charge is 2.12. The summed E-state index contributed by atoms with van der Waals surface area (Å²) >= 11 is 3.04. The van der Waals surface area contributed by atoms with E-state index in [9.17, 15) is 9.18 Å². The van der Waals surface area contributed by atoms with Crippen LogP contribution in [0.2, 0.25) is 0 Å². The fourth-order valence-corrected chi connectivity index (χ4v) is 1.32. The van der Waals surface area contributed by atoms with E-state index < -0.39 is 12.0 Å². The van der Waals surface area contributed by atoms with E-state index in [1.54, 1.807) is 19.1 Å². The molecule has 1 rings (SSSR count). The first-order valence-corrected chi connectivity index (χ1v) is 5.13. The number of nitrogens with one attached hydrogen (secondary N) is 1. The summed E-state index contributed by atoms with van der Waals surface area (Å²) in [5, 5.41) is 2.83. The normalized spacial score (nSPS) is 12.0. The third-order valence-corrected chi connectivity index (χ3v) is 2.50. The number of benzene rings is 1. The van der Waals surface area contributed by atoms with Crippen molar-refractivity contribution in [1.82, 2.24) is 0 Å². The van der Waals surface area contributed by atoms with Crippen LogP contribution in [0.15, 0.2) is 22.7 Å². The lowest BCUT2D eigenvalue weighted by molar-refractivity contribution is -0.141. The average molecular weight is 276 g/mol. The van der Waals surface area contributed by atoms with Crippen molar-refractivity contribution in [3.63, 3.8) is 0 Å². The van der Waals surface area contributed by atoms with Crippen LogP contribution in [0.4, 0.5) is 10.1 Å². The Kier molecular flexibility index (Phi) is 4.08. The Morgan fingerprint density at radius 1 is 1.60 bits per heavy atom. The number of methoxy groups -OCH3 is 1. The van der Waals surface area contributed by atoms with Crippen molar-refractivity contribution in [2.24, 2.45) is 0 Å².